The minimum atomic E-state index is -4.55. The van der Waals surface area contributed by atoms with Crippen molar-refractivity contribution < 1.29 is 32.0 Å². The zero-order valence-corrected chi connectivity index (χ0v) is 18.0. The van der Waals surface area contributed by atoms with Gasteiger partial charge >= 0.3 is 12.1 Å². The Balaban J connectivity index is 1.61. The first-order valence-electron chi connectivity index (χ1n) is 8.50. The average molecular weight is 530 g/mol. The smallest absolute Gasteiger partial charge is 0.416 e. The zero-order valence-electron chi connectivity index (χ0n) is 15.6. The van der Waals surface area contributed by atoms with Crippen molar-refractivity contribution in [1.82, 2.24) is 5.32 Å². The van der Waals surface area contributed by atoms with E-state index in [1.807, 2.05) is 0 Å². The number of amides is 3. The van der Waals surface area contributed by atoms with Gasteiger partial charge in [0.1, 0.15) is 0 Å². The lowest BCUT2D eigenvalue weighted by molar-refractivity contribution is -0.137. The number of carbonyl (C=O) groups is 3. The van der Waals surface area contributed by atoms with Gasteiger partial charge in [-0.2, -0.15) is 18.2 Å². The molecule has 2 heterocycles. The van der Waals surface area contributed by atoms with E-state index in [1.165, 1.54) is 18.2 Å². The molecule has 0 saturated carbocycles. The first-order valence-corrected chi connectivity index (χ1v) is 10.3. The molecule has 14 heteroatoms. The molecule has 0 saturated heterocycles. The van der Waals surface area contributed by atoms with E-state index in [9.17, 15) is 27.6 Å². The molecule has 0 spiro atoms. The van der Waals surface area contributed by atoms with Crippen LogP contribution in [0.4, 0.5) is 18.9 Å². The third-order valence-corrected chi connectivity index (χ3v) is 4.98. The van der Waals surface area contributed by atoms with Crippen molar-refractivity contribution in [3.63, 3.8) is 0 Å². The van der Waals surface area contributed by atoms with Gasteiger partial charge in [-0.1, -0.05) is 17.8 Å². The summed E-state index contributed by atoms with van der Waals surface area (Å²) in [6.45, 7) is 0. The summed E-state index contributed by atoms with van der Waals surface area (Å²) < 4.78 is 43.6. The van der Waals surface area contributed by atoms with Crippen LogP contribution >= 0.6 is 27.7 Å². The number of hydrogen-bond acceptors (Lipinski definition) is 6. The molecule has 3 rings (SSSR count). The minimum absolute atomic E-state index is 0.0507. The van der Waals surface area contributed by atoms with Crippen molar-refractivity contribution in [2.45, 2.75) is 6.18 Å². The monoisotopic (exact) mass is 529 g/mol. The van der Waals surface area contributed by atoms with E-state index in [-0.39, 0.29) is 27.0 Å². The Bertz CT molecular complexity index is 1180. The van der Waals surface area contributed by atoms with Gasteiger partial charge in [0, 0.05) is 5.69 Å². The van der Waals surface area contributed by atoms with Crippen LogP contribution in [-0.4, -0.2) is 40.2 Å². The van der Waals surface area contributed by atoms with Gasteiger partial charge in [0.05, 0.1) is 11.3 Å². The van der Waals surface area contributed by atoms with E-state index in [4.69, 9.17) is 9.83 Å². The third-order valence-electron chi connectivity index (χ3n) is 3.68. The fourth-order valence-corrected chi connectivity index (χ4v) is 3.28. The van der Waals surface area contributed by atoms with Crippen LogP contribution < -0.4 is 10.6 Å². The molecule has 1 aromatic heterocycles. The summed E-state index contributed by atoms with van der Waals surface area (Å²) >= 11 is 3.76. The average Bonchev–Trinajstić information content (AvgIpc) is 3.15. The summed E-state index contributed by atoms with van der Waals surface area (Å²) in [6, 6.07) is 6.89. The Kier molecular flexibility index (Phi) is 6.93. The van der Waals surface area contributed by atoms with Crippen LogP contribution in [0, 0.1) is 5.41 Å². The van der Waals surface area contributed by atoms with Crippen LogP contribution in [0.1, 0.15) is 16.1 Å². The molecule has 3 amide bonds. The Morgan fingerprint density at radius 1 is 1.28 bits per heavy atom. The van der Waals surface area contributed by atoms with Crippen LogP contribution in [0.5, 0.6) is 0 Å². The second-order valence-electron chi connectivity index (χ2n) is 6.00. The van der Waals surface area contributed by atoms with Crippen LogP contribution in [0.2, 0.25) is 0 Å². The molecule has 0 unspecified atom stereocenters. The van der Waals surface area contributed by atoms with Gasteiger partial charge in [0.25, 0.3) is 5.91 Å². The topological polar surface area (TPSA) is 137 Å². The van der Waals surface area contributed by atoms with Crippen molar-refractivity contribution in [2.75, 3.05) is 11.1 Å². The number of halogens is 4. The van der Waals surface area contributed by atoms with Crippen molar-refractivity contribution in [2.24, 2.45) is 9.98 Å². The molecule has 9 nitrogen and oxygen atoms in total. The Morgan fingerprint density at radius 3 is 2.66 bits per heavy atom. The summed E-state index contributed by atoms with van der Waals surface area (Å²) in [6.07, 6.45) is -4.55. The van der Waals surface area contributed by atoms with Crippen molar-refractivity contribution in [3.05, 3.63) is 52.4 Å². The standard InChI is InChI=1S/C18H11BrF3N5O4S/c19-11-5-4-10(31-11)15(29)25-13-14(23)26-17(27-16(13)30)32-7-12(28)24-9-3-1-2-8(6-9)18(20,21)22/h1-6H,7H2,(H,24,28)(H2,23,26,27,30). The van der Waals surface area contributed by atoms with Gasteiger partial charge in [-0.25, -0.2) is 4.99 Å². The SMILES string of the molecule is N=C1N=C(SCC(=O)Nc2cccc(C(F)(F)F)c2)NC(=O)C1=NC(=O)c1ccc(Br)o1. The van der Waals surface area contributed by atoms with Crippen molar-refractivity contribution in [3.8, 4) is 0 Å². The van der Waals surface area contributed by atoms with Gasteiger partial charge in [-0.15, -0.1) is 0 Å². The predicted molar refractivity (Wildman–Crippen MR) is 114 cm³/mol. The molecule has 166 valence electrons. The lowest BCUT2D eigenvalue weighted by Gasteiger charge is -2.14. The van der Waals surface area contributed by atoms with Gasteiger partial charge in [-0.05, 0) is 46.3 Å². The number of amidine groups is 2. The number of benzene rings is 1. The normalized spacial score (nSPS) is 15.4. The lowest BCUT2D eigenvalue weighted by Crippen LogP contribution is -2.43. The van der Waals surface area contributed by atoms with Crippen molar-refractivity contribution >= 4 is 67.8 Å². The van der Waals surface area contributed by atoms with Crippen LogP contribution in [0.3, 0.4) is 0 Å². The Hall–Kier alpha value is -3.26. The number of nitrogens with one attached hydrogen (secondary N) is 3. The highest BCUT2D eigenvalue weighted by Gasteiger charge is 2.30. The van der Waals surface area contributed by atoms with Crippen molar-refractivity contribution in [1.29, 1.82) is 5.41 Å². The maximum absolute atomic E-state index is 12.7. The molecular weight excluding hydrogens is 519 g/mol. The maximum Gasteiger partial charge on any atom is 0.416 e. The molecule has 0 bridgehead atoms. The highest BCUT2D eigenvalue weighted by atomic mass is 79.9. The maximum atomic E-state index is 12.7. The number of aliphatic imine (C=N–C) groups is 2. The second-order valence-corrected chi connectivity index (χ2v) is 7.75. The second kappa shape index (κ2) is 9.48. The minimum Gasteiger partial charge on any atom is -0.444 e. The van der Waals surface area contributed by atoms with E-state index in [1.54, 1.807) is 0 Å². The van der Waals surface area contributed by atoms with Crippen LogP contribution in [0.15, 0.2) is 55.5 Å². The van der Waals surface area contributed by atoms with Crippen LogP contribution in [0.25, 0.3) is 0 Å². The first-order chi connectivity index (χ1) is 15.0. The molecule has 32 heavy (non-hydrogen) atoms. The number of alkyl halides is 3. The predicted octanol–water partition coefficient (Wildman–Crippen LogP) is 3.48. The lowest BCUT2D eigenvalue weighted by atomic mass is 10.2. The van der Waals surface area contributed by atoms with Gasteiger partial charge in [0.2, 0.25) is 5.91 Å². The molecule has 0 atom stereocenters. The molecule has 0 fully saturated rings. The molecule has 2 aromatic rings. The first kappa shape index (κ1) is 23.4. The summed E-state index contributed by atoms with van der Waals surface area (Å²) in [5.74, 6) is -3.50. The van der Waals surface area contributed by atoms with E-state index >= 15 is 0 Å². The number of anilines is 1. The molecular formula is C18H11BrF3N5O4S. The fourth-order valence-electron chi connectivity index (χ4n) is 2.31. The number of rotatable bonds is 4. The number of hydrogen-bond donors (Lipinski definition) is 3. The Morgan fingerprint density at radius 2 is 2.03 bits per heavy atom. The van der Waals surface area contributed by atoms with E-state index in [0.717, 1.165) is 30.0 Å². The number of furan rings is 1. The zero-order chi connectivity index (χ0) is 23.5. The number of thioether (sulfide) groups is 1. The molecule has 3 N–H and O–H groups in total. The number of carbonyl (C=O) groups excluding carboxylic acids is 3. The quantitative estimate of drug-likeness (QED) is 0.556. The highest BCUT2D eigenvalue weighted by molar-refractivity contribution is 9.10. The summed E-state index contributed by atoms with van der Waals surface area (Å²) in [5, 5.41) is 12.3. The molecule has 0 radical (unpaired) electrons. The van der Waals surface area contributed by atoms with Crippen LogP contribution in [-0.2, 0) is 15.8 Å². The van der Waals surface area contributed by atoms with E-state index < -0.39 is 41.0 Å². The largest absolute Gasteiger partial charge is 0.444 e. The fraction of sp³-hybridized carbons (Fsp3) is 0.111. The number of nitrogens with zero attached hydrogens (tertiary/aromatic N) is 2. The molecule has 1 aliphatic rings. The third kappa shape index (κ3) is 5.91. The molecule has 1 aromatic carbocycles. The molecule has 0 aliphatic carbocycles. The van der Waals surface area contributed by atoms with Gasteiger partial charge in [0.15, 0.2) is 27.1 Å². The Labute approximate surface area is 190 Å². The summed E-state index contributed by atoms with van der Waals surface area (Å²) in [4.78, 5) is 43.5. The summed E-state index contributed by atoms with van der Waals surface area (Å²) in [5.41, 5.74) is -1.51. The van der Waals surface area contributed by atoms with Gasteiger partial charge in [-0.3, -0.25) is 25.1 Å². The highest BCUT2D eigenvalue weighted by Crippen LogP contribution is 2.30. The summed E-state index contributed by atoms with van der Waals surface area (Å²) in [7, 11) is 0. The molecule has 1 aliphatic heterocycles. The van der Waals surface area contributed by atoms with Gasteiger partial charge < -0.3 is 9.73 Å². The van der Waals surface area contributed by atoms with E-state index in [2.05, 4.69) is 36.5 Å². The van der Waals surface area contributed by atoms with E-state index in [0.29, 0.717) is 0 Å².